The van der Waals surface area contributed by atoms with Gasteiger partial charge in [0.15, 0.2) is 6.10 Å². The van der Waals surface area contributed by atoms with E-state index in [4.69, 9.17) is 9.84 Å². The Morgan fingerprint density at radius 2 is 2.27 bits per heavy atom. The molecule has 5 nitrogen and oxygen atoms in total. The van der Waals surface area contributed by atoms with Gasteiger partial charge in [-0.2, -0.15) is 0 Å². The van der Waals surface area contributed by atoms with Crippen LogP contribution in [0.2, 0.25) is 0 Å². The molecule has 0 unspecified atom stereocenters. The van der Waals surface area contributed by atoms with Crippen LogP contribution in [0, 0.1) is 5.92 Å². The van der Waals surface area contributed by atoms with Gasteiger partial charge in [-0.15, -0.1) is 0 Å². The summed E-state index contributed by atoms with van der Waals surface area (Å²) in [6.07, 6.45) is 0.464. The number of aliphatic carboxylic acids is 1. The number of carboxylic acids is 1. The van der Waals surface area contributed by atoms with Crippen LogP contribution in [0.25, 0.3) is 0 Å². The minimum Gasteiger partial charge on any atom is -0.479 e. The molecule has 0 spiro atoms. The van der Waals surface area contributed by atoms with Crippen molar-refractivity contribution in [2.75, 3.05) is 19.7 Å². The molecule has 1 aliphatic heterocycles. The van der Waals surface area contributed by atoms with Crippen molar-refractivity contribution in [1.82, 2.24) is 4.90 Å². The van der Waals surface area contributed by atoms with Crippen LogP contribution in [-0.4, -0.2) is 47.7 Å². The van der Waals surface area contributed by atoms with E-state index in [-0.39, 0.29) is 25.0 Å². The molecule has 2 rings (SSSR count). The Hall–Kier alpha value is -1.40. The number of amides is 1. The van der Waals surface area contributed by atoms with Gasteiger partial charge in [-0.05, 0) is 30.5 Å². The number of hydrogen-bond acceptors (Lipinski definition) is 3. The molecule has 1 aromatic rings. The smallest absolute Gasteiger partial charge is 0.334 e. The average Bonchev–Trinajstić information content (AvgIpc) is 2.52. The Morgan fingerprint density at radius 3 is 2.91 bits per heavy atom. The zero-order valence-electron chi connectivity index (χ0n) is 12.5. The lowest BCUT2D eigenvalue weighted by Gasteiger charge is -2.33. The number of rotatable bonds is 5. The average molecular weight is 370 g/mol. The number of carbonyl (C=O) groups excluding carboxylic acids is 1. The molecule has 0 radical (unpaired) electrons. The van der Waals surface area contributed by atoms with Crippen LogP contribution in [0.3, 0.4) is 0 Å². The fraction of sp³-hybridized carbons (Fsp3) is 0.500. The van der Waals surface area contributed by atoms with E-state index in [1.807, 2.05) is 31.2 Å². The molecule has 0 aromatic heterocycles. The van der Waals surface area contributed by atoms with Crippen molar-refractivity contribution in [3.8, 4) is 0 Å². The highest BCUT2D eigenvalue weighted by molar-refractivity contribution is 9.10. The van der Waals surface area contributed by atoms with Crippen LogP contribution in [0.4, 0.5) is 0 Å². The molecular weight excluding hydrogens is 350 g/mol. The second kappa shape index (κ2) is 7.74. The highest BCUT2D eigenvalue weighted by atomic mass is 79.9. The Labute approximate surface area is 138 Å². The lowest BCUT2D eigenvalue weighted by molar-refractivity contribution is -0.160. The van der Waals surface area contributed by atoms with E-state index in [2.05, 4.69) is 15.9 Å². The largest absolute Gasteiger partial charge is 0.479 e. The highest BCUT2D eigenvalue weighted by Gasteiger charge is 2.31. The number of carboxylic acid groups (broad SMARTS) is 1. The third-order valence-corrected chi connectivity index (χ3v) is 4.36. The predicted octanol–water partition coefficient (Wildman–Crippen LogP) is 2.33. The van der Waals surface area contributed by atoms with Crippen LogP contribution in [0.15, 0.2) is 28.7 Å². The quantitative estimate of drug-likeness (QED) is 0.864. The minimum atomic E-state index is -1.02. The van der Waals surface area contributed by atoms with Crippen molar-refractivity contribution in [3.05, 3.63) is 34.3 Å². The summed E-state index contributed by atoms with van der Waals surface area (Å²) in [6, 6.07) is 7.91. The van der Waals surface area contributed by atoms with E-state index >= 15 is 0 Å². The number of benzene rings is 1. The SMILES string of the molecule is CC[C@H](Cc1cccc(Br)c1)C(=O)N1CCO[C@@H](C(=O)O)C1. The van der Waals surface area contributed by atoms with Crippen molar-refractivity contribution >= 4 is 27.8 Å². The Bertz CT molecular complexity index is 549. The first-order chi connectivity index (χ1) is 10.5. The Balaban J connectivity index is 2.03. The number of carbonyl (C=O) groups is 2. The number of hydrogen-bond donors (Lipinski definition) is 1. The van der Waals surface area contributed by atoms with E-state index in [9.17, 15) is 9.59 Å². The van der Waals surface area contributed by atoms with E-state index < -0.39 is 12.1 Å². The van der Waals surface area contributed by atoms with Crippen molar-refractivity contribution in [2.45, 2.75) is 25.9 Å². The van der Waals surface area contributed by atoms with Gasteiger partial charge in [0.05, 0.1) is 13.2 Å². The molecule has 1 N–H and O–H groups in total. The summed E-state index contributed by atoms with van der Waals surface area (Å²) in [5, 5.41) is 9.03. The number of ether oxygens (including phenoxy) is 1. The molecule has 1 aliphatic rings. The lowest BCUT2D eigenvalue weighted by atomic mass is 9.95. The predicted molar refractivity (Wildman–Crippen MR) is 85.6 cm³/mol. The molecule has 0 saturated carbocycles. The number of halogens is 1. The van der Waals surface area contributed by atoms with Crippen molar-refractivity contribution < 1.29 is 19.4 Å². The Kier molecular flexibility index (Phi) is 5.97. The zero-order chi connectivity index (χ0) is 16.1. The van der Waals surface area contributed by atoms with Crippen LogP contribution in [-0.2, 0) is 20.7 Å². The van der Waals surface area contributed by atoms with Gasteiger partial charge in [-0.3, -0.25) is 4.79 Å². The standard InChI is InChI=1S/C16H20BrNO4/c1-2-12(8-11-4-3-5-13(17)9-11)15(19)18-6-7-22-14(10-18)16(20)21/h3-5,9,12,14H,2,6-8,10H2,1H3,(H,20,21)/t12-,14-/m1/s1. The normalized spacial score (nSPS) is 19.7. The minimum absolute atomic E-state index is 0.0111. The monoisotopic (exact) mass is 369 g/mol. The van der Waals surface area contributed by atoms with Crippen LogP contribution >= 0.6 is 15.9 Å². The summed E-state index contributed by atoms with van der Waals surface area (Å²) < 4.78 is 6.16. The molecule has 6 heteroatoms. The van der Waals surface area contributed by atoms with Crippen molar-refractivity contribution in [1.29, 1.82) is 0 Å². The highest BCUT2D eigenvalue weighted by Crippen LogP contribution is 2.20. The fourth-order valence-electron chi connectivity index (χ4n) is 2.61. The Morgan fingerprint density at radius 1 is 1.50 bits per heavy atom. The number of morpholine rings is 1. The summed E-state index contributed by atoms with van der Waals surface area (Å²) in [4.78, 5) is 25.3. The van der Waals surface area contributed by atoms with Gasteiger partial charge in [-0.1, -0.05) is 35.0 Å². The fourth-order valence-corrected chi connectivity index (χ4v) is 3.06. The number of nitrogens with zero attached hydrogens (tertiary/aromatic N) is 1. The van der Waals surface area contributed by atoms with Gasteiger partial charge in [-0.25, -0.2) is 4.79 Å². The first-order valence-electron chi connectivity index (χ1n) is 7.39. The molecule has 1 saturated heterocycles. The molecule has 0 aliphatic carbocycles. The summed E-state index contributed by atoms with van der Waals surface area (Å²) in [6.45, 7) is 2.84. The van der Waals surface area contributed by atoms with Gasteiger partial charge >= 0.3 is 5.97 Å². The second-order valence-electron chi connectivity index (χ2n) is 5.42. The first kappa shape index (κ1) is 17.0. The summed E-state index contributed by atoms with van der Waals surface area (Å²) >= 11 is 3.43. The molecular formula is C16H20BrNO4. The molecule has 0 bridgehead atoms. The third kappa shape index (κ3) is 4.30. The van der Waals surface area contributed by atoms with Crippen molar-refractivity contribution in [3.63, 3.8) is 0 Å². The third-order valence-electron chi connectivity index (χ3n) is 3.87. The van der Waals surface area contributed by atoms with Gasteiger partial charge in [0, 0.05) is 16.9 Å². The maximum atomic E-state index is 12.7. The molecule has 1 fully saturated rings. The van der Waals surface area contributed by atoms with E-state index in [1.54, 1.807) is 4.90 Å². The molecule has 1 amide bonds. The second-order valence-corrected chi connectivity index (χ2v) is 6.34. The summed E-state index contributed by atoms with van der Waals surface area (Å²) in [5.41, 5.74) is 1.10. The summed E-state index contributed by atoms with van der Waals surface area (Å²) in [7, 11) is 0. The van der Waals surface area contributed by atoms with Crippen LogP contribution in [0.5, 0.6) is 0 Å². The lowest BCUT2D eigenvalue weighted by Crippen LogP contribution is -2.50. The maximum Gasteiger partial charge on any atom is 0.334 e. The van der Waals surface area contributed by atoms with Gasteiger partial charge in [0.25, 0.3) is 0 Å². The van der Waals surface area contributed by atoms with E-state index in [0.717, 1.165) is 16.5 Å². The van der Waals surface area contributed by atoms with Gasteiger partial charge in [0.1, 0.15) is 0 Å². The van der Waals surface area contributed by atoms with Gasteiger partial charge in [0.2, 0.25) is 5.91 Å². The van der Waals surface area contributed by atoms with Gasteiger partial charge < -0.3 is 14.7 Å². The summed E-state index contributed by atoms with van der Waals surface area (Å²) in [5.74, 6) is -1.14. The van der Waals surface area contributed by atoms with Crippen molar-refractivity contribution in [2.24, 2.45) is 5.92 Å². The molecule has 1 aromatic carbocycles. The van der Waals surface area contributed by atoms with E-state index in [0.29, 0.717) is 13.0 Å². The zero-order valence-corrected chi connectivity index (χ0v) is 14.1. The van der Waals surface area contributed by atoms with Crippen LogP contribution < -0.4 is 0 Å². The molecule has 22 heavy (non-hydrogen) atoms. The first-order valence-corrected chi connectivity index (χ1v) is 8.18. The maximum absolute atomic E-state index is 12.7. The molecule has 1 heterocycles. The van der Waals surface area contributed by atoms with Crippen LogP contribution in [0.1, 0.15) is 18.9 Å². The molecule has 2 atom stereocenters. The topological polar surface area (TPSA) is 66.8 Å². The molecule has 120 valence electrons. The van der Waals surface area contributed by atoms with E-state index in [1.165, 1.54) is 0 Å².